The average Bonchev–Trinajstić information content (AvgIpc) is 2.83. The van der Waals surface area contributed by atoms with Crippen LogP contribution in [0.1, 0.15) is 23.2 Å². The van der Waals surface area contributed by atoms with Crippen LogP contribution >= 0.6 is 0 Å². The zero-order chi connectivity index (χ0) is 23.7. The summed E-state index contributed by atoms with van der Waals surface area (Å²) in [5.74, 6) is -0.373. The van der Waals surface area contributed by atoms with Crippen molar-refractivity contribution in [2.45, 2.75) is 12.8 Å². The van der Waals surface area contributed by atoms with Crippen LogP contribution in [0.3, 0.4) is 0 Å². The topological polar surface area (TPSA) is 112 Å². The van der Waals surface area contributed by atoms with Crippen molar-refractivity contribution in [3.63, 3.8) is 0 Å². The van der Waals surface area contributed by atoms with Gasteiger partial charge in [-0.3, -0.25) is 9.59 Å². The van der Waals surface area contributed by atoms with Gasteiger partial charge in [0.15, 0.2) is 0 Å². The van der Waals surface area contributed by atoms with Crippen LogP contribution < -0.4 is 15.5 Å². The largest absolute Gasteiger partial charge is 0.355 e. The molecule has 2 heterocycles. The minimum absolute atomic E-state index is 0.0313. The molecule has 0 saturated carbocycles. The molecule has 1 aliphatic heterocycles. The summed E-state index contributed by atoms with van der Waals surface area (Å²) >= 11 is 0. The van der Waals surface area contributed by atoms with E-state index in [2.05, 4.69) is 15.6 Å². The highest BCUT2D eigenvalue weighted by atomic mass is 32.2. The van der Waals surface area contributed by atoms with Gasteiger partial charge in [0, 0.05) is 57.4 Å². The molecule has 9 nitrogen and oxygen atoms in total. The van der Waals surface area contributed by atoms with Gasteiger partial charge in [0.2, 0.25) is 15.9 Å². The van der Waals surface area contributed by atoms with Crippen LogP contribution in [0, 0.1) is 5.82 Å². The third-order valence-electron chi connectivity index (χ3n) is 5.26. The Morgan fingerprint density at radius 1 is 0.970 bits per heavy atom. The lowest BCUT2D eigenvalue weighted by Crippen LogP contribution is -2.50. The minimum Gasteiger partial charge on any atom is -0.355 e. The highest BCUT2D eigenvalue weighted by Gasteiger charge is 2.27. The first-order valence-electron chi connectivity index (χ1n) is 10.8. The van der Waals surface area contributed by atoms with Crippen molar-refractivity contribution in [2.75, 3.05) is 49.9 Å². The Bertz CT molecular complexity index is 1030. The standard InChI is InChI=1S/C22H28FN5O4S/c23-19-8-6-18(7-9-19)22(30)26-11-3-5-21(29)25-12-17-33(31,32)28-15-13-27(14-16-28)20-4-1-2-10-24-20/h1-2,4,6-10H,3,5,11-17H2,(H,25,29)(H,26,30). The average molecular weight is 478 g/mol. The second-order valence-corrected chi connectivity index (χ2v) is 9.69. The summed E-state index contributed by atoms with van der Waals surface area (Å²) in [6.45, 7) is 2.19. The summed E-state index contributed by atoms with van der Waals surface area (Å²) in [5, 5.41) is 5.28. The van der Waals surface area contributed by atoms with Crippen LogP contribution in [-0.4, -0.2) is 74.5 Å². The Balaban J connectivity index is 1.30. The van der Waals surface area contributed by atoms with E-state index in [1.54, 1.807) is 6.20 Å². The zero-order valence-corrected chi connectivity index (χ0v) is 19.1. The summed E-state index contributed by atoms with van der Waals surface area (Å²) in [4.78, 5) is 30.2. The Kier molecular flexibility index (Phi) is 8.72. The van der Waals surface area contributed by atoms with Crippen molar-refractivity contribution in [1.29, 1.82) is 0 Å². The van der Waals surface area contributed by atoms with E-state index in [4.69, 9.17) is 0 Å². The first-order valence-corrected chi connectivity index (χ1v) is 12.4. The zero-order valence-electron chi connectivity index (χ0n) is 18.2. The molecular formula is C22H28FN5O4S. The molecule has 1 saturated heterocycles. The molecule has 0 aliphatic carbocycles. The number of piperazine rings is 1. The number of benzene rings is 1. The quantitative estimate of drug-likeness (QED) is 0.494. The molecule has 0 atom stereocenters. The molecule has 2 aromatic rings. The number of nitrogens with zero attached hydrogens (tertiary/aromatic N) is 3. The first-order chi connectivity index (χ1) is 15.8. The third kappa shape index (κ3) is 7.50. The van der Waals surface area contributed by atoms with Crippen molar-refractivity contribution in [3.05, 3.63) is 60.0 Å². The number of pyridine rings is 1. The Hall–Kier alpha value is -3.05. The monoisotopic (exact) mass is 477 g/mol. The van der Waals surface area contributed by atoms with Gasteiger partial charge in [-0.2, -0.15) is 4.31 Å². The molecular weight excluding hydrogens is 449 g/mol. The third-order valence-corrected chi connectivity index (χ3v) is 7.13. The molecule has 0 bridgehead atoms. The van der Waals surface area contributed by atoms with E-state index in [1.807, 2.05) is 23.1 Å². The summed E-state index contributed by atoms with van der Waals surface area (Å²) < 4.78 is 39.5. The predicted molar refractivity (Wildman–Crippen MR) is 123 cm³/mol. The minimum atomic E-state index is -3.47. The van der Waals surface area contributed by atoms with Crippen LogP contribution in [0.5, 0.6) is 0 Å². The van der Waals surface area contributed by atoms with E-state index >= 15 is 0 Å². The number of aromatic nitrogens is 1. The Morgan fingerprint density at radius 2 is 1.70 bits per heavy atom. The van der Waals surface area contributed by atoms with Gasteiger partial charge in [0.05, 0.1) is 5.75 Å². The van der Waals surface area contributed by atoms with E-state index in [-0.39, 0.29) is 37.1 Å². The SMILES string of the molecule is O=C(CCCNC(=O)c1ccc(F)cc1)NCCS(=O)(=O)N1CCN(c2ccccn2)CC1. The van der Waals surface area contributed by atoms with E-state index in [1.165, 1.54) is 28.6 Å². The van der Waals surface area contributed by atoms with Crippen molar-refractivity contribution in [3.8, 4) is 0 Å². The number of hydrogen-bond donors (Lipinski definition) is 2. The van der Waals surface area contributed by atoms with Crippen molar-refractivity contribution in [2.24, 2.45) is 0 Å². The molecule has 3 rings (SSSR count). The second-order valence-electron chi connectivity index (χ2n) is 7.61. The van der Waals surface area contributed by atoms with Crippen molar-refractivity contribution in [1.82, 2.24) is 19.9 Å². The maximum atomic E-state index is 12.9. The number of sulfonamides is 1. The molecule has 0 spiro atoms. The van der Waals surface area contributed by atoms with Gasteiger partial charge in [0.25, 0.3) is 5.91 Å². The summed E-state index contributed by atoms with van der Waals surface area (Å²) in [6, 6.07) is 10.8. The van der Waals surface area contributed by atoms with E-state index in [0.717, 1.165) is 5.82 Å². The van der Waals surface area contributed by atoms with E-state index in [9.17, 15) is 22.4 Å². The smallest absolute Gasteiger partial charge is 0.251 e. The molecule has 0 unspecified atom stereocenters. The fourth-order valence-corrected chi connectivity index (χ4v) is 4.77. The highest BCUT2D eigenvalue weighted by molar-refractivity contribution is 7.89. The maximum absolute atomic E-state index is 12.9. The number of hydrogen-bond acceptors (Lipinski definition) is 6. The van der Waals surface area contributed by atoms with Gasteiger partial charge in [-0.1, -0.05) is 6.07 Å². The molecule has 1 aliphatic rings. The van der Waals surface area contributed by atoms with Gasteiger partial charge in [-0.25, -0.2) is 17.8 Å². The van der Waals surface area contributed by atoms with Crippen LogP contribution in [-0.2, 0) is 14.8 Å². The number of carbonyl (C=O) groups excluding carboxylic acids is 2. The number of rotatable bonds is 10. The molecule has 33 heavy (non-hydrogen) atoms. The molecule has 1 aromatic heterocycles. The van der Waals surface area contributed by atoms with Crippen LogP contribution in [0.25, 0.3) is 0 Å². The Morgan fingerprint density at radius 3 is 2.36 bits per heavy atom. The number of nitrogens with one attached hydrogen (secondary N) is 2. The maximum Gasteiger partial charge on any atom is 0.251 e. The first kappa shape index (κ1) is 24.6. The lowest BCUT2D eigenvalue weighted by Gasteiger charge is -2.34. The van der Waals surface area contributed by atoms with Crippen LogP contribution in [0.15, 0.2) is 48.7 Å². The molecule has 178 valence electrons. The lowest BCUT2D eigenvalue weighted by atomic mass is 10.2. The molecule has 1 fully saturated rings. The van der Waals surface area contributed by atoms with Crippen molar-refractivity contribution >= 4 is 27.7 Å². The van der Waals surface area contributed by atoms with Crippen molar-refractivity contribution < 1.29 is 22.4 Å². The second kappa shape index (κ2) is 11.7. The fraction of sp³-hybridized carbons (Fsp3) is 0.409. The number of halogens is 1. The van der Waals surface area contributed by atoms with E-state index < -0.39 is 15.8 Å². The fourth-order valence-electron chi connectivity index (χ4n) is 3.43. The summed E-state index contributed by atoms with van der Waals surface area (Å²) in [6.07, 6.45) is 2.27. The van der Waals surface area contributed by atoms with Gasteiger partial charge in [-0.15, -0.1) is 0 Å². The van der Waals surface area contributed by atoms with E-state index in [0.29, 0.717) is 38.2 Å². The number of amides is 2. The summed E-state index contributed by atoms with van der Waals surface area (Å²) in [7, 11) is -3.47. The number of carbonyl (C=O) groups is 2. The van der Waals surface area contributed by atoms with Gasteiger partial charge < -0.3 is 15.5 Å². The van der Waals surface area contributed by atoms with Crippen LogP contribution in [0.4, 0.5) is 10.2 Å². The van der Waals surface area contributed by atoms with Gasteiger partial charge in [0.1, 0.15) is 11.6 Å². The molecule has 2 amide bonds. The molecule has 2 N–H and O–H groups in total. The molecule has 1 aromatic carbocycles. The van der Waals surface area contributed by atoms with Crippen LogP contribution in [0.2, 0.25) is 0 Å². The lowest BCUT2D eigenvalue weighted by molar-refractivity contribution is -0.121. The van der Waals surface area contributed by atoms with Gasteiger partial charge in [-0.05, 0) is 42.8 Å². The normalized spacial score (nSPS) is 14.6. The predicted octanol–water partition coefficient (Wildman–Crippen LogP) is 0.999. The molecule has 11 heteroatoms. The number of anilines is 1. The molecule has 0 radical (unpaired) electrons. The summed E-state index contributed by atoms with van der Waals surface area (Å²) in [5.41, 5.74) is 0.340. The highest BCUT2D eigenvalue weighted by Crippen LogP contribution is 2.14. The van der Waals surface area contributed by atoms with Gasteiger partial charge >= 0.3 is 0 Å². The Labute approximate surface area is 193 Å².